The molecule has 1 N–H and O–H groups in total. The minimum Gasteiger partial charge on any atom is -0.376 e. The molecular weight excluding hydrogens is 366 g/mol. The van der Waals surface area contributed by atoms with E-state index in [0.29, 0.717) is 17.9 Å². The summed E-state index contributed by atoms with van der Waals surface area (Å²) in [6, 6.07) is 2.39. The third-order valence-electron chi connectivity index (χ3n) is 6.18. The number of piperidine rings is 1. The molecule has 4 heterocycles. The summed E-state index contributed by atoms with van der Waals surface area (Å²) >= 11 is 0. The van der Waals surface area contributed by atoms with Crippen LogP contribution in [0.25, 0.3) is 0 Å². The number of hydrogen-bond acceptors (Lipinski definition) is 7. The Balaban J connectivity index is 1.39. The van der Waals surface area contributed by atoms with Crippen molar-refractivity contribution in [2.45, 2.75) is 71.1 Å². The summed E-state index contributed by atoms with van der Waals surface area (Å²) in [5.41, 5.74) is 0. The fraction of sp³-hybridized carbons (Fsp3) is 0.714. The molecule has 4 rings (SSSR count). The van der Waals surface area contributed by atoms with E-state index in [1.807, 2.05) is 6.33 Å². The predicted molar refractivity (Wildman–Crippen MR) is 113 cm³/mol. The molecule has 0 radical (unpaired) electrons. The number of nitrogens with one attached hydrogen (secondary N) is 1. The third-order valence-corrected chi connectivity index (χ3v) is 6.18. The van der Waals surface area contributed by atoms with Gasteiger partial charge >= 0.3 is 0 Å². The monoisotopic (exact) mass is 399 g/mol. The van der Waals surface area contributed by atoms with Crippen molar-refractivity contribution in [2.24, 2.45) is 5.92 Å². The molecule has 8 heteroatoms. The van der Waals surface area contributed by atoms with E-state index in [1.54, 1.807) is 6.33 Å². The van der Waals surface area contributed by atoms with Gasteiger partial charge in [0.2, 0.25) is 0 Å². The average molecular weight is 400 g/mol. The highest BCUT2D eigenvalue weighted by Gasteiger charge is 2.29. The normalized spacial score (nSPS) is 23.5. The second-order valence-electron chi connectivity index (χ2n) is 8.47. The maximum absolute atomic E-state index is 6.01. The van der Waals surface area contributed by atoms with Gasteiger partial charge in [0.1, 0.15) is 30.1 Å². The lowest BCUT2D eigenvalue weighted by molar-refractivity contribution is -0.0203. The molecule has 0 amide bonds. The molecule has 2 aliphatic rings. The third kappa shape index (κ3) is 4.52. The molecule has 0 spiro atoms. The minimum atomic E-state index is 0.230. The molecule has 0 aromatic carbocycles. The van der Waals surface area contributed by atoms with Crippen molar-refractivity contribution in [3.63, 3.8) is 0 Å². The molecule has 2 atom stereocenters. The van der Waals surface area contributed by atoms with Gasteiger partial charge in [-0.2, -0.15) is 0 Å². The SMILES string of the molecule is CCn1cnnc1C1CCN(c2cc(NC3CCCOC3C(C)C)ncn2)CC1. The predicted octanol–water partition coefficient (Wildman–Crippen LogP) is 3.09. The lowest BCUT2D eigenvalue weighted by atomic mass is 9.93. The topological polar surface area (TPSA) is 81.0 Å². The van der Waals surface area contributed by atoms with Crippen LogP contribution >= 0.6 is 0 Å². The lowest BCUT2D eigenvalue weighted by Crippen LogP contribution is -2.43. The number of aromatic nitrogens is 5. The molecule has 2 aliphatic heterocycles. The number of hydrogen-bond donors (Lipinski definition) is 1. The van der Waals surface area contributed by atoms with Gasteiger partial charge in [-0.25, -0.2) is 9.97 Å². The Morgan fingerprint density at radius 3 is 2.79 bits per heavy atom. The first-order chi connectivity index (χ1) is 14.2. The number of anilines is 2. The highest BCUT2D eigenvalue weighted by molar-refractivity contribution is 5.49. The summed E-state index contributed by atoms with van der Waals surface area (Å²) in [5.74, 6) is 3.96. The van der Waals surface area contributed by atoms with Crippen LogP contribution < -0.4 is 10.2 Å². The van der Waals surface area contributed by atoms with Crippen molar-refractivity contribution in [3.05, 3.63) is 24.5 Å². The van der Waals surface area contributed by atoms with Crippen LogP contribution in [0.2, 0.25) is 0 Å². The smallest absolute Gasteiger partial charge is 0.136 e. The van der Waals surface area contributed by atoms with Gasteiger partial charge in [0.25, 0.3) is 0 Å². The van der Waals surface area contributed by atoms with Crippen molar-refractivity contribution >= 4 is 11.6 Å². The summed E-state index contributed by atoms with van der Waals surface area (Å²) in [6.07, 6.45) is 8.08. The van der Waals surface area contributed by atoms with E-state index in [2.05, 4.69) is 61.8 Å². The Morgan fingerprint density at radius 2 is 2.03 bits per heavy atom. The fourth-order valence-corrected chi connectivity index (χ4v) is 4.59. The molecule has 8 nitrogen and oxygen atoms in total. The Hall–Kier alpha value is -2.22. The van der Waals surface area contributed by atoms with Gasteiger partial charge in [0.05, 0.1) is 12.1 Å². The molecule has 158 valence electrons. The molecule has 2 fully saturated rings. The molecule has 0 saturated carbocycles. The van der Waals surface area contributed by atoms with Crippen LogP contribution in [0.15, 0.2) is 18.7 Å². The zero-order valence-corrected chi connectivity index (χ0v) is 17.8. The van der Waals surface area contributed by atoms with Gasteiger partial charge < -0.3 is 19.5 Å². The molecule has 0 aliphatic carbocycles. The summed E-state index contributed by atoms with van der Waals surface area (Å²) in [7, 11) is 0. The first-order valence-electron chi connectivity index (χ1n) is 11.0. The standard InChI is InChI=1S/C21H33N7O/c1-4-27-14-24-26-21(27)16-7-9-28(10-8-16)19-12-18(22-13-23-19)25-17-6-5-11-29-20(17)15(2)3/h12-17,20H,4-11H2,1-3H3,(H,22,23,25). The van der Waals surface area contributed by atoms with Gasteiger partial charge in [0.15, 0.2) is 0 Å². The first-order valence-corrected chi connectivity index (χ1v) is 11.0. The second-order valence-corrected chi connectivity index (χ2v) is 8.47. The lowest BCUT2D eigenvalue weighted by Gasteiger charge is -2.35. The van der Waals surface area contributed by atoms with Crippen LogP contribution in [0.3, 0.4) is 0 Å². The molecule has 2 aromatic heterocycles. The molecule has 0 bridgehead atoms. The Morgan fingerprint density at radius 1 is 1.21 bits per heavy atom. The second kappa shape index (κ2) is 9.07. The Kier molecular flexibility index (Phi) is 6.28. The maximum Gasteiger partial charge on any atom is 0.136 e. The number of rotatable bonds is 6. The van der Waals surface area contributed by atoms with Crippen LogP contribution in [0.5, 0.6) is 0 Å². The Bertz CT molecular complexity index is 785. The van der Waals surface area contributed by atoms with E-state index in [0.717, 1.165) is 69.4 Å². The number of aryl methyl sites for hydroxylation is 1. The van der Waals surface area contributed by atoms with Gasteiger partial charge in [-0.05, 0) is 38.5 Å². The number of nitrogens with zero attached hydrogens (tertiary/aromatic N) is 6. The van der Waals surface area contributed by atoms with Crippen molar-refractivity contribution < 1.29 is 4.74 Å². The van der Waals surface area contributed by atoms with Crippen LogP contribution in [-0.2, 0) is 11.3 Å². The van der Waals surface area contributed by atoms with E-state index in [1.165, 1.54) is 0 Å². The average Bonchev–Trinajstić information content (AvgIpc) is 3.23. The fourth-order valence-electron chi connectivity index (χ4n) is 4.59. The molecule has 2 unspecified atom stereocenters. The molecule has 2 aromatic rings. The first kappa shape index (κ1) is 20.1. The number of ether oxygens (including phenoxy) is 1. The van der Waals surface area contributed by atoms with E-state index >= 15 is 0 Å². The maximum atomic E-state index is 6.01. The summed E-state index contributed by atoms with van der Waals surface area (Å²) in [5, 5.41) is 12.1. The van der Waals surface area contributed by atoms with Gasteiger partial charge in [-0.15, -0.1) is 10.2 Å². The van der Waals surface area contributed by atoms with Crippen LogP contribution in [-0.4, -0.2) is 56.6 Å². The largest absolute Gasteiger partial charge is 0.376 e. The summed E-state index contributed by atoms with van der Waals surface area (Å²) < 4.78 is 8.16. The van der Waals surface area contributed by atoms with Crippen molar-refractivity contribution in [1.29, 1.82) is 0 Å². The highest BCUT2D eigenvalue weighted by atomic mass is 16.5. The van der Waals surface area contributed by atoms with Crippen molar-refractivity contribution in [3.8, 4) is 0 Å². The van der Waals surface area contributed by atoms with E-state index < -0.39 is 0 Å². The van der Waals surface area contributed by atoms with E-state index in [-0.39, 0.29) is 6.10 Å². The van der Waals surface area contributed by atoms with Crippen molar-refractivity contribution in [2.75, 3.05) is 29.9 Å². The van der Waals surface area contributed by atoms with E-state index in [9.17, 15) is 0 Å². The quantitative estimate of drug-likeness (QED) is 0.799. The Labute approximate surface area is 173 Å². The highest BCUT2D eigenvalue weighted by Crippen LogP contribution is 2.30. The van der Waals surface area contributed by atoms with Crippen LogP contribution in [0.1, 0.15) is 58.2 Å². The minimum absolute atomic E-state index is 0.230. The molecule has 2 saturated heterocycles. The van der Waals surface area contributed by atoms with Gasteiger partial charge in [-0.3, -0.25) is 0 Å². The summed E-state index contributed by atoms with van der Waals surface area (Å²) in [6.45, 7) is 10.3. The zero-order valence-electron chi connectivity index (χ0n) is 17.8. The molecule has 29 heavy (non-hydrogen) atoms. The van der Waals surface area contributed by atoms with Gasteiger partial charge in [-0.1, -0.05) is 13.8 Å². The molecular formula is C21H33N7O. The zero-order chi connectivity index (χ0) is 20.2. The van der Waals surface area contributed by atoms with E-state index in [4.69, 9.17) is 4.74 Å². The van der Waals surface area contributed by atoms with Crippen LogP contribution in [0.4, 0.5) is 11.6 Å². The van der Waals surface area contributed by atoms with Crippen molar-refractivity contribution in [1.82, 2.24) is 24.7 Å². The van der Waals surface area contributed by atoms with Gasteiger partial charge in [0, 0.05) is 38.2 Å². The van der Waals surface area contributed by atoms with Crippen LogP contribution in [0, 0.1) is 5.92 Å². The summed E-state index contributed by atoms with van der Waals surface area (Å²) in [4.78, 5) is 11.4.